The molecule has 6 heteroatoms. The quantitative estimate of drug-likeness (QED) is 0.862. The minimum Gasteiger partial charge on any atom is -0.460 e. The minimum absolute atomic E-state index is 0.0555. The van der Waals surface area contributed by atoms with E-state index in [1.54, 1.807) is 11.9 Å². The maximum absolute atomic E-state index is 12.7. The monoisotopic (exact) mass is 346 g/mol. The van der Waals surface area contributed by atoms with Gasteiger partial charge in [0.05, 0.1) is 25.2 Å². The number of fused-ring (bicyclic) bond motifs is 1. The van der Waals surface area contributed by atoms with Crippen LogP contribution >= 0.6 is 0 Å². The summed E-state index contributed by atoms with van der Waals surface area (Å²) in [5.74, 6) is 0.216. The Morgan fingerprint density at radius 2 is 2.04 bits per heavy atom. The van der Waals surface area contributed by atoms with Gasteiger partial charge in [0.1, 0.15) is 11.3 Å². The Balaban J connectivity index is 1.57. The molecule has 0 aliphatic carbocycles. The Morgan fingerprint density at radius 1 is 1.32 bits per heavy atom. The van der Waals surface area contributed by atoms with Crippen molar-refractivity contribution in [3.8, 4) is 0 Å². The molecule has 1 fully saturated rings. The number of amides is 1. The number of aliphatic hydroxyl groups is 1. The number of ether oxygens (including phenoxy) is 1. The molecule has 2 heterocycles. The van der Waals surface area contributed by atoms with E-state index < -0.39 is 6.10 Å². The van der Waals surface area contributed by atoms with E-state index in [4.69, 9.17) is 9.15 Å². The lowest BCUT2D eigenvalue weighted by atomic mass is 10.1. The van der Waals surface area contributed by atoms with Crippen LogP contribution in [0.25, 0.3) is 11.0 Å². The Bertz CT molecular complexity index is 675. The molecule has 2 atom stereocenters. The van der Waals surface area contributed by atoms with Gasteiger partial charge in [-0.15, -0.1) is 0 Å². The van der Waals surface area contributed by atoms with Crippen molar-refractivity contribution in [2.75, 3.05) is 46.4 Å². The van der Waals surface area contributed by atoms with Gasteiger partial charge in [-0.2, -0.15) is 0 Å². The van der Waals surface area contributed by atoms with Crippen molar-refractivity contribution in [1.82, 2.24) is 9.80 Å². The van der Waals surface area contributed by atoms with Gasteiger partial charge in [0, 0.05) is 38.6 Å². The first kappa shape index (κ1) is 17.9. The fourth-order valence-corrected chi connectivity index (χ4v) is 3.21. The number of nitrogens with zero attached hydrogens (tertiary/aromatic N) is 2. The van der Waals surface area contributed by atoms with E-state index in [0.717, 1.165) is 24.1 Å². The van der Waals surface area contributed by atoms with Gasteiger partial charge in [-0.25, -0.2) is 0 Å². The largest absolute Gasteiger partial charge is 0.460 e. The molecule has 2 aromatic rings. The number of β-amino-alcohol motifs (C(OH)–C–C–N with tert-alkyl or cyclic N) is 1. The highest BCUT2D eigenvalue weighted by molar-refractivity contribution is 5.85. The third-order valence-corrected chi connectivity index (χ3v) is 4.68. The van der Waals surface area contributed by atoms with Crippen LogP contribution in [-0.2, 0) is 9.53 Å². The summed E-state index contributed by atoms with van der Waals surface area (Å²) in [6.45, 7) is 5.75. The molecule has 3 rings (SSSR count). The molecule has 2 unspecified atom stereocenters. The molecular formula is C19H26N2O4. The number of para-hydroxylation sites is 1. The smallest absolute Gasteiger partial charge is 0.232 e. The maximum atomic E-state index is 12.7. The van der Waals surface area contributed by atoms with Gasteiger partial charge in [-0.3, -0.25) is 9.69 Å². The molecule has 6 nitrogen and oxygen atoms in total. The number of rotatable bonds is 6. The van der Waals surface area contributed by atoms with Crippen LogP contribution in [0.15, 0.2) is 34.7 Å². The van der Waals surface area contributed by atoms with Gasteiger partial charge in [0.2, 0.25) is 5.91 Å². The van der Waals surface area contributed by atoms with Gasteiger partial charge < -0.3 is 19.2 Å². The van der Waals surface area contributed by atoms with Gasteiger partial charge in [-0.05, 0) is 19.1 Å². The van der Waals surface area contributed by atoms with E-state index in [1.165, 1.54) is 0 Å². The van der Waals surface area contributed by atoms with Crippen molar-refractivity contribution >= 4 is 16.9 Å². The molecule has 1 aromatic heterocycles. The lowest BCUT2D eigenvalue weighted by Gasteiger charge is -2.30. The summed E-state index contributed by atoms with van der Waals surface area (Å²) in [5, 5.41) is 11.3. The zero-order valence-corrected chi connectivity index (χ0v) is 14.9. The van der Waals surface area contributed by atoms with Crippen molar-refractivity contribution in [2.45, 2.75) is 18.9 Å². The summed E-state index contributed by atoms with van der Waals surface area (Å²) in [4.78, 5) is 16.4. The fourth-order valence-electron chi connectivity index (χ4n) is 3.21. The van der Waals surface area contributed by atoms with E-state index >= 15 is 0 Å². The average Bonchev–Trinajstić information content (AvgIpc) is 3.05. The molecule has 1 aliphatic rings. The molecule has 0 radical (unpaired) electrons. The summed E-state index contributed by atoms with van der Waals surface area (Å²) >= 11 is 0. The molecule has 1 saturated heterocycles. The number of benzene rings is 1. The second-order valence-electron chi connectivity index (χ2n) is 6.69. The second-order valence-corrected chi connectivity index (χ2v) is 6.69. The predicted octanol–water partition coefficient (Wildman–Crippen LogP) is 1.69. The SMILES string of the molecule is CC(C(=O)N(C)CC(O)CN1CCOCC1)c1cc2ccccc2o1. The van der Waals surface area contributed by atoms with Gasteiger partial charge >= 0.3 is 0 Å². The zero-order chi connectivity index (χ0) is 17.8. The van der Waals surface area contributed by atoms with Crippen LogP contribution in [0.3, 0.4) is 0 Å². The molecule has 1 aromatic carbocycles. The number of carbonyl (C=O) groups is 1. The standard InChI is InChI=1S/C19H26N2O4/c1-14(18-11-15-5-3-4-6-17(15)25-18)19(23)20(2)12-16(22)13-21-7-9-24-10-8-21/h3-6,11,14,16,22H,7-10,12-13H2,1-2H3. The highest BCUT2D eigenvalue weighted by Crippen LogP contribution is 2.26. The van der Waals surface area contributed by atoms with Crippen molar-refractivity contribution in [1.29, 1.82) is 0 Å². The van der Waals surface area contributed by atoms with Crippen LogP contribution in [0, 0.1) is 0 Å². The second kappa shape index (κ2) is 7.99. The Morgan fingerprint density at radius 3 is 2.76 bits per heavy atom. The summed E-state index contributed by atoms with van der Waals surface area (Å²) in [6, 6.07) is 9.63. The van der Waals surface area contributed by atoms with Crippen LogP contribution in [-0.4, -0.2) is 73.4 Å². The molecule has 25 heavy (non-hydrogen) atoms. The average molecular weight is 346 g/mol. The highest BCUT2D eigenvalue weighted by Gasteiger charge is 2.25. The summed E-state index contributed by atoms with van der Waals surface area (Å²) < 4.78 is 11.1. The zero-order valence-electron chi connectivity index (χ0n) is 14.9. The molecule has 1 aliphatic heterocycles. The lowest BCUT2D eigenvalue weighted by molar-refractivity contribution is -0.133. The van der Waals surface area contributed by atoms with E-state index in [0.29, 0.717) is 32.1 Å². The molecule has 136 valence electrons. The number of hydrogen-bond acceptors (Lipinski definition) is 5. The van der Waals surface area contributed by atoms with E-state index in [-0.39, 0.29) is 11.8 Å². The van der Waals surface area contributed by atoms with Crippen LogP contribution in [0.5, 0.6) is 0 Å². The molecule has 0 bridgehead atoms. The molecule has 1 N–H and O–H groups in total. The maximum Gasteiger partial charge on any atom is 0.232 e. The fraction of sp³-hybridized carbons (Fsp3) is 0.526. The van der Waals surface area contributed by atoms with Crippen molar-refractivity contribution < 1.29 is 19.1 Å². The van der Waals surface area contributed by atoms with E-state index in [9.17, 15) is 9.90 Å². The number of furan rings is 1. The molecule has 0 spiro atoms. The van der Waals surface area contributed by atoms with E-state index in [1.807, 2.05) is 37.3 Å². The Hall–Kier alpha value is -1.89. The van der Waals surface area contributed by atoms with Crippen LogP contribution in [0.4, 0.5) is 0 Å². The summed E-state index contributed by atoms with van der Waals surface area (Å²) in [6.07, 6.45) is -0.574. The number of carbonyl (C=O) groups excluding carboxylic acids is 1. The number of likely N-dealkylation sites (N-methyl/N-ethyl adjacent to an activating group) is 1. The number of hydrogen-bond donors (Lipinski definition) is 1. The summed E-state index contributed by atoms with van der Waals surface area (Å²) in [5.41, 5.74) is 0.784. The van der Waals surface area contributed by atoms with Crippen LogP contribution < -0.4 is 0 Å². The van der Waals surface area contributed by atoms with Crippen LogP contribution in [0.1, 0.15) is 18.6 Å². The molecule has 1 amide bonds. The van der Waals surface area contributed by atoms with Crippen molar-refractivity contribution in [3.63, 3.8) is 0 Å². The van der Waals surface area contributed by atoms with Crippen molar-refractivity contribution in [2.24, 2.45) is 0 Å². The Labute approximate surface area is 148 Å². The predicted molar refractivity (Wildman–Crippen MR) is 95.5 cm³/mol. The van der Waals surface area contributed by atoms with Gasteiger partial charge in [-0.1, -0.05) is 18.2 Å². The number of aliphatic hydroxyl groups excluding tert-OH is 1. The Kier molecular flexibility index (Phi) is 5.73. The first-order chi connectivity index (χ1) is 12.0. The van der Waals surface area contributed by atoms with Crippen LogP contribution in [0.2, 0.25) is 0 Å². The summed E-state index contributed by atoms with van der Waals surface area (Å²) in [7, 11) is 1.73. The first-order valence-corrected chi connectivity index (χ1v) is 8.76. The normalized spacial score (nSPS) is 18.2. The minimum atomic E-state index is -0.574. The van der Waals surface area contributed by atoms with Gasteiger partial charge in [0.15, 0.2) is 0 Å². The van der Waals surface area contributed by atoms with Crippen molar-refractivity contribution in [3.05, 3.63) is 36.1 Å². The highest BCUT2D eigenvalue weighted by atomic mass is 16.5. The topological polar surface area (TPSA) is 66.2 Å². The van der Waals surface area contributed by atoms with E-state index in [2.05, 4.69) is 4.90 Å². The number of morpholine rings is 1. The molecular weight excluding hydrogens is 320 g/mol. The van der Waals surface area contributed by atoms with Gasteiger partial charge in [0.25, 0.3) is 0 Å². The molecule has 0 saturated carbocycles. The third kappa shape index (κ3) is 4.39. The first-order valence-electron chi connectivity index (χ1n) is 8.76. The third-order valence-electron chi connectivity index (χ3n) is 4.68. The lowest BCUT2D eigenvalue weighted by Crippen LogP contribution is -2.45.